The van der Waals surface area contributed by atoms with Crippen LogP contribution in [0.25, 0.3) is 0 Å². The largest absolute Gasteiger partial charge is 0.103 e. The van der Waals surface area contributed by atoms with Crippen molar-refractivity contribution >= 4 is 0 Å². The van der Waals surface area contributed by atoms with Crippen molar-refractivity contribution in [2.75, 3.05) is 0 Å². The SMILES string of the molecule is C=CCC1CC2CC[C]1CC2. The third-order valence-corrected chi connectivity index (χ3v) is 3.39. The lowest BCUT2D eigenvalue weighted by atomic mass is 9.64. The quantitative estimate of drug-likeness (QED) is 0.528. The number of rotatable bonds is 2. The van der Waals surface area contributed by atoms with Crippen molar-refractivity contribution in [2.24, 2.45) is 11.8 Å². The van der Waals surface area contributed by atoms with Gasteiger partial charge >= 0.3 is 0 Å². The summed E-state index contributed by atoms with van der Waals surface area (Å²) in [6.45, 7) is 3.83. The van der Waals surface area contributed by atoms with Gasteiger partial charge in [0.25, 0.3) is 0 Å². The van der Waals surface area contributed by atoms with Crippen LogP contribution >= 0.6 is 0 Å². The molecule has 0 aromatic rings. The van der Waals surface area contributed by atoms with Gasteiger partial charge in [0.15, 0.2) is 0 Å². The highest BCUT2D eigenvalue weighted by atomic mass is 14.4. The molecule has 0 amide bonds. The lowest BCUT2D eigenvalue weighted by molar-refractivity contribution is 0.212. The molecule has 3 saturated carbocycles. The first-order valence-electron chi connectivity index (χ1n) is 4.85. The minimum atomic E-state index is 0.931. The van der Waals surface area contributed by atoms with E-state index in [1.807, 2.05) is 5.92 Å². The Morgan fingerprint density at radius 1 is 1.36 bits per heavy atom. The Morgan fingerprint density at radius 2 is 2.09 bits per heavy atom. The van der Waals surface area contributed by atoms with E-state index in [1.165, 1.54) is 38.5 Å². The van der Waals surface area contributed by atoms with Gasteiger partial charge in [-0.1, -0.05) is 6.08 Å². The normalized spacial score (nSPS) is 37.5. The third-order valence-electron chi connectivity index (χ3n) is 3.39. The molecule has 0 saturated heterocycles. The predicted octanol–water partition coefficient (Wildman–Crippen LogP) is 3.35. The summed E-state index contributed by atoms with van der Waals surface area (Å²) in [5.74, 6) is 3.85. The van der Waals surface area contributed by atoms with Crippen LogP contribution in [0.3, 0.4) is 0 Å². The topological polar surface area (TPSA) is 0 Å². The van der Waals surface area contributed by atoms with Crippen LogP contribution in [-0.4, -0.2) is 0 Å². The Labute approximate surface area is 69.7 Å². The van der Waals surface area contributed by atoms with Gasteiger partial charge in [-0.15, -0.1) is 6.58 Å². The molecule has 0 N–H and O–H groups in total. The van der Waals surface area contributed by atoms with Crippen molar-refractivity contribution in [1.29, 1.82) is 0 Å². The molecule has 0 heterocycles. The second-order valence-corrected chi connectivity index (χ2v) is 4.06. The van der Waals surface area contributed by atoms with Gasteiger partial charge < -0.3 is 0 Å². The number of hydrogen-bond donors (Lipinski definition) is 0. The summed E-state index contributed by atoms with van der Waals surface area (Å²) in [4.78, 5) is 0. The highest BCUT2D eigenvalue weighted by molar-refractivity contribution is 5.07. The zero-order chi connectivity index (χ0) is 7.68. The first-order valence-corrected chi connectivity index (χ1v) is 4.85. The molecular formula is C11H17. The van der Waals surface area contributed by atoms with Crippen LogP contribution in [0.15, 0.2) is 12.7 Å². The molecule has 0 aromatic heterocycles. The van der Waals surface area contributed by atoms with Crippen LogP contribution in [0.1, 0.15) is 38.5 Å². The first-order chi connectivity index (χ1) is 5.40. The molecule has 0 spiro atoms. The van der Waals surface area contributed by atoms with Gasteiger partial charge in [0.05, 0.1) is 0 Å². The predicted molar refractivity (Wildman–Crippen MR) is 48.1 cm³/mol. The molecule has 3 fully saturated rings. The monoisotopic (exact) mass is 149 g/mol. The van der Waals surface area contributed by atoms with Crippen LogP contribution in [-0.2, 0) is 0 Å². The molecule has 1 unspecified atom stereocenters. The number of hydrogen-bond acceptors (Lipinski definition) is 0. The highest BCUT2D eigenvalue weighted by Gasteiger charge is 2.34. The van der Waals surface area contributed by atoms with Gasteiger partial charge in [0, 0.05) is 0 Å². The second kappa shape index (κ2) is 3.00. The first kappa shape index (κ1) is 7.39. The summed E-state index contributed by atoms with van der Waals surface area (Å²) >= 11 is 0. The molecule has 3 aliphatic rings. The minimum absolute atomic E-state index is 0.931. The molecule has 3 rings (SSSR count). The average molecular weight is 149 g/mol. The van der Waals surface area contributed by atoms with Crippen molar-refractivity contribution in [2.45, 2.75) is 38.5 Å². The maximum Gasteiger partial charge on any atom is -0.0207 e. The fourth-order valence-corrected chi connectivity index (χ4v) is 2.73. The lowest BCUT2D eigenvalue weighted by Crippen LogP contribution is -2.29. The zero-order valence-corrected chi connectivity index (χ0v) is 7.18. The molecule has 11 heavy (non-hydrogen) atoms. The summed E-state index contributed by atoms with van der Waals surface area (Å²) < 4.78 is 0. The Bertz CT molecular complexity index is 140. The van der Waals surface area contributed by atoms with E-state index in [-0.39, 0.29) is 0 Å². The van der Waals surface area contributed by atoms with Gasteiger partial charge in [-0.2, -0.15) is 0 Å². The molecular weight excluding hydrogens is 132 g/mol. The highest BCUT2D eigenvalue weighted by Crippen LogP contribution is 2.47. The molecule has 1 atom stereocenters. The van der Waals surface area contributed by atoms with E-state index >= 15 is 0 Å². The Kier molecular flexibility index (Phi) is 2.02. The third kappa shape index (κ3) is 1.36. The maximum absolute atomic E-state index is 3.83. The van der Waals surface area contributed by atoms with Gasteiger partial charge in [-0.25, -0.2) is 0 Å². The lowest BCUT2D eigenvalue weighted by Gasteiger charge is -2.41. The van der Waals surface area contributed by atoms with Crippen LogP contribution in [0.4, 0.5) is 0 Å². The van der Waals surface area contributed by atoms with Gasteiger partial charge in [0.2, 0.25) is 0 Å². The van der Waals surface area contributed by atoms with Gasteiger partial charge in [0.1, 0.15) is 0 Å². The van der Waals surface area contributed by atoms with E-state index in [2.05, 4.69) is 12.7 Å². The molecule has 0 nitrogen and oxygen atoms in total. The van der Waals surface area contributed by atoms with Crippen molar-refractivity contribution in [1.82, 2.24) is 0 Å². The van der Waals surface area contributed by atoms with Crippen LogP contribution in [0.2, 0.25) is 0 Å². The Morgan fingerprint density at radius 3 is 2.55 bits per heavy atom. The zero-order valence-electron chi connectivity index (χ0n) is 7.18. The average Bonchev–Trinajstić information content (AvgIpc) is 2.07. The molecule has 0 aromatic carbocycles. The van der Waals surface area contributed by atoms with Crippen molar-refractivity contribution in [3.05, 3.63) is 18.6 Å². The molecule has 2 bridgehead atoms. The van der Waals surface area contributed by atoms with E-state index in [4.69, 9.17) is 0 Å². The fourth-order valence-electron chi connectivity index (χ4n) is 2.73. The smallest absolute Gasteiger partial charge is 0.0207 e. The summed E-state index contributed by atoms with van der Waals surface area (Å²) in [6.07, 6.45) is 10.7. The van der Waals surface area contributed by atoms with E-state index in [1.54, 1.807) is 0 Å². The van der Waals surface area contributed by atoms with E-state index in [0.717, 1.165) is 11.8 Å². The summed E-state index contributed by atoms with van der Waals surface area (Å²) in [7, 11) is 0. The van der Waals surface area contributed by atoms with E-state index in [0.29, 0.717) is 0 Å². The molecule has 61 valence electrons. The Balaban J connectivity index is 1.97. The number of allylic oxidation sites excluding steroid dienone is 1. The van der Waals surface area contributed by atoms with Crippen molar-refractivity contribution < 1.29 is 0 Å². The summed E-state index contributed by atoms with van der Waals surface area (Å²) in [5, 5.41) is 0. The molecule has 3 aliphatic carbocycles. The van der Waals surface area contributed by atoms with Gasteiger partial charge in [-0.05, 0) is 56.3 Å². The van der Waals surface area contributed by atoms with Crippen LogP contribution < -0.4 is 0 Å². The van der Waals surface area contributed by atoms with E-state index in [9.17, 15) is 0 Å². The molecule has 1 radical (unpaired) electrons. The number of fused-ring (bicyclic) bond motifs is 3. The molecule has 0 heteroatoms. The summed E-state index contributed by atoms with van der Waals surface area (Å²) in [6, 6.07) is 0. The van der Waals surface area contributed by atoms with Crippen LogP contribution in [0.5, 0.6) is 0 Å². The fraction of sp³-hybridized carbons (Fsp3) is 0.727. The maximum atomic E-state index is 3.83. The summed E-state index contributed by atoms with van der Waals surface area (Å²) in [5.41, 5.74) is 0. The standard InChI is InChI=1S/C11H17/c1-2-3-11-8-9-4-6-10(11)7-5-9/h2,9,11H,1,3-8H2. The molecule has 0 aliphatic heterocycles. The van der Waals surface area contributed by atoms with Crippen molar-refractivity contribution in [3.8, 4) is 0 Å². The van der Waals surface area contributed by atoms with Crippen molar-refractivity contribution in [3.63, 3.8) is 0 Å². The second-order valence-electron chi connectivity index (χ2n) is 4.06. The Hall–Kier alpha value is -0.260. The van der Waals surface area contributed by atoms with E-state index < -0.39 is 0 Å². The minimum Gasteiger partial charge on any atom is -0.103 e. The van der Waals surface area contributed by atoms with Gasteiger partial charge in [-0.3, -0.25) is 0 Å². The van der Waals surface area contributed by atoms with Crippen LogP contribution in [0, 0.1) is 17.8 Å².